The normalized spacial score (nSPS) is 27.0. The molecular formula is C16H16N4O2S. The molecule has 0 aliphatic carbocycles. The minimum absolute atomic E-state index is 0.163. The Hall–Kier alpha value is -2.43. The first-order chi connectivity index (χ1) is 10.9. The zero-order valence-electron chi connectivity index (χ0n) is 12.5. The van der Waals surface area contributed by atoms with Gasteiger partial charge in [0, 0.05) is 5.75 Å². The molecule has 6 nitrogen and oxygen atoms in total. The first kappa shape index (κ1) is 15.5. The fraction of sp³-hybridized carbons (Fsp3) is 0.250. The van der Waals surface area contributed by atoms with Crippen molar-refractivity contribution in [3.8, 4) is 6.07 Å². The van der Waals surface area contributed by atoms with E-state index in [1.807, 2.05) is 30.3 Å². The predicted molar refractivity (Wildman–Crippen MR) is 87.2 cm³/mol. The van der Waals surface area contributed by atoms with Crippen molar-refractivity contribution in [3.05, 3.63) is 57.9 Å². The minimum atomic E-state index is -1.27. The standard InChI is InChI=1S/C16H16N4O2S/c1-16(22)8-23-15-12(14(19)21)11(9-5-3-2-4-6-9)10(7-17)13(18)20(15)16/h2-6,11,22H,8,18H2,1H3,(H2,19,21)/t11-,16-/m0/s1. The lowest BCUT2D eigenvalue weighted by atomic mass is 9.82. The second-order valence-electron chi connectivity index (χ2n) is 5.68. The Balaban J connectivity index is 2.29. The number of fused-ring (bicyclic) bond motifs is 1. The van der Waals surface area contributed by atoms with Gasteiger partial charge in [0.15, 0.2) is 5.72 Å². The van der Waals surface area contributed by atoms with E-state index in [2.05, 4.69) is 6.07 Å². The van der Waals surface area contributed by atoms with Crippen LogP contribution in [0.5, 0.6) is 0 Å². The van der Waals surface area contributed by atoms with E-state index in [4.69, 9.17) is 11.5 Å². The number of aliphatic hydroxyl groups is 1. The largest absolute Gasteiger partial charge is 0.384 e. The number of thioether (sulfide) groups is 1. The van der Waals surface area contributed by atoms with Gasteiger partial charge < -0.3 is 16.6 Å². The van der Waals surface area contributed by atoms with Crippen LogP contribution in [0.15, 0.2) is 52.3 Å². The molecule has 2 aliphatic heterocycles. The van der Waals surface area contributed by atoms with Crippen LogP contribution in [0.3, 0.4) is 0 Å². The number of benzene rings is 1. The number of nitrogens with two attached hydrogens (primary N) is 2. The van der Waals surface area contributed by atoms with Gasteiger partial charge in [-0.2, -0.15) is 5.26 Å². The van der Waals surface area contributed by atoms with Crippen molar-refractivity contribution < 1.29 is 9.90 Å². The van der Waals surface area contributed by atoms with Gasteiger partial charge in [-0.3, -0.25) is 9.69 Å². The summed E-state index contributed by atoms with van der Waals surface area (Å²) < 4.78 is 0. The van der Waals surface area contributed by atoms with Crippen LogP contribution in [-0.2, 0) is 4.79 Å². The monoisotopic (exact) mass is 328 g/mol. The highest BCUT2D eigenvalue weighted by Gasteiger charge is 2.48. The molecular weight excluding hydrogens is 312 g/mol. The molecule has 2 heterocycles. The van der Waals surface area contributed by atoms with Crippen molar-refractivity contribution in [1.29, 1.82) is 5.26 Å². The third-order valence-corrected chi connectivity index (χ3v) is 5.38. The van der Waals surface area contributed by atoms with Crippen LogP contribution in [0.2, 0.25) is 0 Å². The van der Waals surface area contributed by atoms with Gasteiger partial charge in [-0.15, -0.1) is 11.8 Å². The summed E-state index contributed by atoms with van der Waals surface area (Å²) in [6.45, 7) is 1.59. The topological polar surface area (TPSA) is 116 Å². The molecule has 0 spiro atoms. The molecule has 0 saturated carbocycles. The quantitative estimate of drug-likeness (QED) is 0.744. The smallest absolute Gasteiger partial charge is 0.248 e. The second-order valence-corrected chi connectivity index (χ2v) is 6.64. The van der Waals surface area contributed by atoms with Crippen molar-refractivity contribution >= 4 is 17.7 Å². The third-order valence-electron chi connectivity index (χ3n) is 4.01. The van der Waals surface area contributed by atoms with E-state index < -0.39 is 17.6 Å². The summed E-state index contributed by atoms with van der Waals surface area (Å²) in [6, 6.07) is 11.2. The number of allylic oxidation sites excluding steroid dienone is 1. The highest BCUT2D eigenvalue weighted by Crippen LogP contribution is 2.50. The van der Waals surface area contributed by atoms with E-state index in [1.54, 1.807) is 6.92 Å². The maximum absolute atomic E-state index is 12.1. The van der Waals surface area contributed by atoms with Crippen LogP contribution in [-0.4, -0.2) is 27.4 Å². The maximum Gasteiger partial charge on any atom is 0.248 e. The number of hydrogen-bond donors (Lipinski definition) is 3. The highest BCUT2D eigenvalue weighted by molar-refractivity contribution is 8.03. The lowest BCUT2D eigenvalue weighted by Gasteiger charge is -2.38. The lowest BCUT2D eigenvalue weighted by molar-refractivity contribution is -0.115. The molecule has 23 heavy (non-hydrogen) atoms. The number of carbonyl (C=O) groups is 1. The number of nitriles is 1. The van der Waals surface area contributed by atoms with Gasteiger partial charge >= 0.3 is 0 Å². The minimum Gasteiger partial charge on any atom is -0.384 e. The molecule has 0 radical (unpaired) electrons. The molecule has 1 amide bonds. The fourth-order valence-electron chi connectivity index (χ4n) is 3.00. The summed E-state index contributed by atoms with van der Waals surface area (Å²) in [5.41, 5.74) is 11.8. The number of amides is 1. The zero-order chi connectivity index (χ0) is 16.8. The Bertz CT molecular complexity index is 777. The molecule has 0 aromatic heterocycles. The van der Waals surface area contributed by atoms with E-state index in [9.17, 15) is 15.2 Å². The van der Waals surface area contributed by atoms with Gasteiger partial charge in [0.2, 0.25) is 5.91 Å². The van der Waals surface area contributed by atoms with E-state index in [-0.39, 0.29) is 11.4 Å². The molecule has 2 aliphatic rings. The Labute approximate surface area is 138 Å². The lowest BCUT2D eigenvalue weighted by Crippen LogP contribution is -2.47. The Morgan fingerprint density at radius 1 is 1.48 bits per heavy atom. The van der Waals surface area contributed by atoms with Crippen molar-refractivity contribution in [2.24, 2.45) is 11.5 Å². The maximum atomic E-state index is 12.1. The first-order valence-electron chi connectivity index (χ1n) is 7.02. The SMILES string of the molecule is C[C@]1(O)CSC2=C(C(N)=O)[C@@H](c3ccccc3)C(C#N)=C(N)N21. The molecule has 2 atom stereocenters. The molecule has 1 aromatic rings. The molecule has 3 rings (SSSR count). The molecule has 1 fully saturated rings. The summed E-state index contributed by atoms with van der Waals surface area (Å²) in [7, 11) is 0. The second kappa shape index (κ2) is 5.33. The van der Waals surface area contributed by atoms with Gasteiger partial charge in [-0.1, -0.05) is 30.3 Å². The number of carbonyl (C=O) groups excluding carboxylic acids is 1. The van der Waals surface area contributed by atoms with Gasteiger partial charge in [0.05, 0.1) is 28.2 Å². The van der Waals surface area contributed by atoms with Gasteiger partial charge in [0.1, 0.15) is 5.82 Å². The number of nitrogens with zero attached hydrogens (tertiary/aromatic N) is 2. The summed E-state index contributed by atoms with van der Waals surface area (Å²) >= 11 is 1.32. The van der Waals surface area contributed by atoms with Crippen LogP contribution in [0.4, 0.5) is 0 Å². The number of hydrogen-bond acceptors (Lipinski definition) is 6. The average Bonchev–Trinajstić information content (AvgIpc) is 2.83. The predicted octanol–water partition coefficient (Wildman–Crippen LogP) is 0.932. The average molecular weight is 328 g/mol. The summed E-state index contributed by atoms with van der Waals surface area (Å²) in [5, 5.41) is 20.7. The highest BCUT2D eigenvalue weighted by atomic mass is 32.2. The fourth-order valence-corrected chi connectivity index (χ4v) is 4.34. The number of rotatable bonds is 2. The van der Waals surface area contributed by atoms with Crippen LogP contribution >= 0.6 is 11.8 Å². The van der Waals surface area contributed by atoms with Crippen molar-refractivity contribution in [3.63, 3.8) is 0 Å². The van der Waals surface area contributed by atoms with Gasteiger partial charge in [0.25, 0.3) is 0 Å². The molecule has 1 saturated heterocycles. The molecule has 0 unspecified atom stereocenters. The van der Waals surface area contributed by atoms with E-state index in [0.717, 1.165) is 5.56 Å². The zero-order valence-corrected chi connectivity index (χ0v) is 13.3. The molecule has 0 bridgehead atoms. The van der Waals surface area contributed by atoms with E-state index in [1.165, 1.54) is 16.7 Å². The summed E-state index contributed by atoms with van der Waals surface area (Å²) in [5.74, 6) is -0.743. The van der Waals surface area contributed by atoms with Gasteiger partial charge in [-0.25, -0.2) is 0 Å². The van der Waals surface area contributed by atoms with Crippen molar-refractivity contribution in [2.75, 3.05) is 5.75 Å². The van der Waals surface area contributed by atoms with Crippen LogP contribution < -0.4 is 11.5 Å². The Morgan fingerprint density at radius 3 is 2.70 bits per heavy atom. The van der Waals surface area contributed by atoms with E-state index >= 15 is 0 Å². The van der Waals surface area contributed by atoms with Crippen LogP contribution in [0.25, 0.3) is 0 Å². The molecule has 5 N–H and O–H groups in total. The van der Waals surface area contributed by atoms with Crippen molar-refractivity contribution in [2.45, 2.75) is 18.6 Å². The van der Waals surface area contributed by atoms with Crippen molar-refractivity contribution in [1.82, 2.24) is 4.90 Å². The van der Waals surface area contributed by atoms with E-state index in [0.29, 0.717) is 16.4 Å². The Morgan fingerprint density at radius 2 is 2.13 bits per heavy atom. The summed E-state index contributed by atoms with van der Waals surface area (Å²) in [6.07, 6.45) is 0. The van der Waals surface area contributed by atoms with Gasteiger partial charge in [-0.05, 0) is 12.5 Å². The third kappa shape index (κ3) is 2.27. The molecule has 7 heteroatoms. The molecule has 1 aromatic carbocycles. The number of primary amides is 1. The van der Waals surface area contributed by atoms with Crippen LogP contribution in [0.1, 0.15) is 18.4 Å². The molecule has 118 valence electrons. The van der Waals surface area contributed by atoms with Crippen LogP contribution in [0, 0.1) is 11.3 Å². The Kier molecular flexibility index (Phi) is 3.59. The summed E-state index contributed by atoms with van der Waals surface area (Å²) in [4.78, 5) is 13.6. The first-order valence-corrected chi connectivity index (χ1v) is 8.01.